The molecule has 1 N–H and O–H groups in total. The molecule has 0 saturated heterocycles. The molecule has 0 aromatic carbocycles. The molecule has 19 heavy (non-hydrogen) atoms. The van der Waals surface area contributed by atoms with Gasteiger partial charge in [-0.15, -0.1) is 0 Å². The predicted octanol–water partition coefficient (Wildman–Crippen LogP) is 1.29. The van der Waals surface area contributed by atoms with Crippen molar-refractivity contribution in [3.8, 4) is 0 Å². The van der Waals surface area contributed by atoms with Crippen LogP contribution in [0.15, 0.2) is 9.59 Å². The van der Waals surface area contributed by atoms with Crippen molar-refractivity contribution in [2.24, 2.45) is 14.1 Å². The summed E-state index contributed by atoms with van der Waals surface area (Å²) in [7, 11) is 3.11. The van der Waals surface area contributed by atoms with Gasteiger partial charge < -0.3 is 9.55 Å². The van der Waals surface area contributed by atoms with Crippen molar-refractivity contribution >= 4 is 23.4 Å². The lowest BCUT2D eigenvalue weighted by molar-refractivity contribution is 0.604. The summed E-state index contributed by atoms with van der Waals surface area (Å²) >= 11 is 5.25. The lowest BCUT2D eigenvalue weighted by Crippen LogP contribution is -2.37. The Balaban J connectivity index is 2.73. The van der Waals surface area contributed by atoms with Gasteiger partial charge in [-0.2, -0.15) is 0 Å². The maximum absolute atomic E-state index is 12.2. The Kier molecular flexibility index (Phi) is 3.75. The molecule has 0 aliphatic heterocycles. The molecule has 0 bridgehead atoms. The van der Waals surface area contributed by atoms with E-state index in [1.54, 1.807) is 11.6 Å². The van der Waals surface area contributed by atoms with E-state index < -0.39 is 0 Å². The number of aromatic nitrogens is 4. The zero-order chi connectivity index (χ0) is 14.2. The SMILES string of the molecule is CCCCCn1c(=S)[nH]c2c1c(=O)n(C)c(=O)n2C. The van der Waals surface area contributed by atoms with Crippen LogP contribution in [0.25, 0.3) is 11.2 Å². The lowest BCUT2D eigenvalue weighted by atomic mass is 10.2. The molecule has 0 spiro atoms. The van der Waals surface area contributed by atoms with E-state index in [0.717, 1.165) is 23.8 Å². The molecule has 0 aliphatic carbocycles. The Hall–Kier alpha value is -1.63. The minimum atomic E-state index is -0.352. The van der Waals surface area contributed by atoms with Crippen LogP contribution >= 0.6 is 12.2 Å². The normalized spacial score (nSPS) is 11.3. The second kappa shape index (κ2) is 5.16. The quantitative estimate of drug-likeness (QED) is 0.679. The molecule has 7 heteroatoms. The number of fused-ring (bicyclic) bond motifs is 1. The smallest absolute Gasteiger partial charge is 0.316 e. The molecular weight excluding hydrogens is 264 g/mol. The van der Waals surface area contributed by atoms with E-state index in [1.807, 2.05) is 0 Å². The van der Waals surface area contributed by atoms with Gasteiger partial charge in [0.15, 0.2) is 10.3 Å². The summed E-state index contributed by atoms with van der Waals surface area (Å²) in [6.07, 6.45) is 3.15. The van der Waals surface area contributed by atoms with Crippen LogP contribution in [0, 0.1) is 4.77 Å². The molecule has 104 valence electrons. The van der Waals surface area contributed by atoms with E-state index in [0.29, 0.717) is 22.5 Å². The number of hydrogen-bond acceptors (Lipinski definition) is 3. The van der Waals surface area contributed by atoms with Crippen molar-refractivity contribution in [2.45, 2.75) is 32.7 Å². The maximum atomic E-state index is 12.2. The number of nitrogens with one attached hydrogen (secondary N) is 1. The summed E-state index contributed by atoms with van der Waals surface area (Å²) in [6.45, 7) is 2.82. The molecule has 0 saturated carbocycles. The number of rotatable bonds is 4. The molecule has 0 radical (unpaired) electrons. The first kappa shape index (κ1) is 13.8. The van der Waals surface area contributed by atoms with E-state index >= 15 is 0 Å². The van der Waals surface area contributed by atoms with Gasteiger partial charge in [-0.25, -0.2) is 4.79 Å². The second-order valence-corrected chi connectivity index (χ2v) is 5.08. The highest BCUT2D eigenvalue weighted by Gasteiger charge is 2.14. The fourth-order valence-electron chi connectivity index (χ4n) is 2.22. The monoisotopic (exact) mass is 282 g/mol. The third-order valence-corrected chi connectivity index (χ3v) is 3.69. The van der Waals surface area contributed by atoms with Crippen molar-refractivity contribution in [3.63, 3.8) is 0 Å². The predicted molar refractivity (Wildman–Crippen MR) is 77.1 cm³/mol. The van der Waals surface area contributed by atoms with Crippen LogP contribution in [-0.2, 0) is 20.6 Å². The minimum absolute atomic E-state index is 0.304. The van der Waals surface area contributed by atoms with Gasteiger partial charge in [0.05, 0.1) is 0 Å². The molecular formula is C12H18N4O2S. The second-order valence-electron chi connectivity index (χ2n) is 4.69. The summed E-state index contributed by atoms with van der Waals surface area (Å²) in [6, 6.07) is 0. The van der Waals surface area contributed by atoms with Crippen LogP contribution in [0.5, 0.6) is 0 Å². The molecule has 0 amide bonds. The van der Waals surface area contributed by atoms with E-state index in [9.17, 15) is 9.59 Å². The van der Waals surface area contributed by atoms with Crippen LogP contribution in [0.3, 0.4) is 0 Å². The summed E-state index contributed by atoms with van der Waals surface area (Å²) in [5.74, 6) is 0. The summed E-state index contributed by atoms with van der Waals surface area (Å²) < 4.78 is 4.82. The summed E-state index contributed by atoms with van der Waals surface area (Å²) in [4.78, 5) is 27.0. The van der Waals surface area contributed by atoms with E-state index in [-0.39, 0.29) is 11.2 Å². The number of aryl methyl sites for hydroxylation is 2. The van der Waals surface area contributed by atoms with Gasteiger partial charge in [0.2, 0.25) is 0 Å². The number of imidazole rings is 1. The Morgan fingerprint density at radius 1 is 1.16 bits per heavy atom. The molecule has 0 unspecified atom stereocenters. The fourth-order valence-corrected chi connectivity index (χ4v) is 2.50. The zero-order valence-corrected chi connectivity index (χ0v) is 12.2. The first-order chi connectivity index (χ1) is 8.99. The van der Waals surface area contributed by atoms with Gasteiger partial charge in [-0.1, -0.05) is 19.8 Å². The van der Waals surface area contributed by atoms with Crippen molar-refractivity contribution in [1.29, 1.82) is 0 Å². The fraction of sp³-hybridized carbons (Fsp3) is 0.583. The average molecular weight is 282 g/mol. The number of nitrogens with zero attached hydrogens (tertiary/aromatic N) is 3. The maximum Gasteiger partial charge on any atom is 0.332 e. The zero-order valence-electron chi connectivity index (χ0n) is 11.4. The summed E-state index contributed by atoms with van der Waals surface area (Å²) in [5, 5.41) is 0. The molecule has 2 rings (SSSR count). The van der Waals surface area contributed by atoms with Crippen molar-refractivity contribution in [1.82, 2.24) is 18.7 Å². The minimum Gasteiger partial charge on any atom is -0.316 e. The Morgan fingerprint density at radius 2 is 1.84 bits per heavy atom. The summed E-state index contributed by atoms with van der Waals surface area (Å²) in [5.41, 5.74) is 0.316. The highest BCUT2D eigenvalue weighted by atomic mass is 32.1. The standard InChI is InChI=1S/C12H18N4O2S/c1-4-5-6-7-16-8-9(13-11(16)19)14(2)12(18)15(3)10(8)17/h4-7H2,1-3H3,(H,13,19). The van der Waals surface area contributed by atoms with Crippen molar-refractivity contribution in [3.05, 3.63) is 25.6 Å². The van der Waals surface area contributed by atoms with Crippen molar-refractivity contribution in [2.75, 3.05) is 0 Å². The van der Waals surface area contributed by atoms with Gasteiger partial charge in [0, 0.05) is 20.6 Å². The first-order valence-electron chi connectivity index (χ1n) is 6.37. The third-order valence-electron chi connectivity index (χ3n) is 3.37. The molecule has 2 aromatic rings. The van der Waals surface area contributed by atoms with Gasteiger partial charge in [-0.05, 0) is 18.6 Å². The van der Waals surface area contributed by atoms with Gasteiger partial charge in [0.1, 0.15) is 5.65 Å². The lowest BCUT2D eigenvalue weighted by Gasteiger charge is -2.06. The van der Waals surface area contributed by atoms with Crippen LogP contribution in [-0.4, -0.2) is 18.7 Å². The molecule has 0 aliphatic rings. The molecule has 2 aromatic heterocycles. The van der Waals surface area contributed by atoms with Crippen molar-refractivity contribution < 1.29 is 0 Å². The van der Waals surface area contributed by atoms with Gasteiger partial charge >= 0.3 is 5.69 Å². The largest absolute Gasteiger partial charge is 0.332 e. The number of unbranched alkanes of at least 4 members (excludes halogenated alkanes) is 2. The number of H-pyrrole nitrogens is 1. The topological polar surface area (TPSA) is 64.7 Å². The van der Waals surface area contributed by atoms with E-state index in [4.69, 9.17) is 12.2 Å². The Morgan fingerprint density at radius 3 is 2.47 bits per heavy atom. The van der Waals surface area contributed by atoms with Gasteiger partial charge in [0.25, 0.3) is 5.56 Å². The molecule has 0 fully saturated rings. The van der Waals surface area contributed by atoms with Crippen LogP contribution < -0.4 is 11.2 Å². The van der Waals surface area contributed by atoms with Crippen LogP contribution in [0.1, 0.15) is 26.2 Å². The average Bonchev–Trinajstić information content (AvgIpc) is 2.72. The highest BCUT2D eigenvalue weighted by Crippen LogP contribution is 2.09. The van der Waals surface area contributed by atoms with E-state index in [1.165, 1.54) is 11.6 Å². The highest BCUT2D eigenvalue weighted by molar-refractivity contribution is 7.71. The molecule has 6 nitrogen and oxygen atoms in total. The van der Waals surface area contributed by atoms with Crippen LogP contribution in [0.2, 0.25) is 0 Å². The third kappa shape index (κ3) is 2.18. The van der Waals surface area contributed by atoms with E-state index in [2.05, 4.69) is 11.9 Å². The van der Waals surface area contributed by atoms with Gasteiger partial charge in [-0.3, -0.25) is 13.9 Å². The molecule has 2 heterocycles. The number of aromatic amines is 1. The van der Waals surface area contributed by atoms with Crippen LogP contribution in [0.4, 0.5) is 0 Å². The number of hydrogen-bond donors (Lipinski definition) is 1. The Labute approximate surface area is 115 Å². The Bertz CT molecular complexity index is 778. The molecule has 0 atom stereocenters. The first-order valence-corrected chi connectivity index (χ1v) is 6.78.